The van der Waals surface area contributed by atoms with Gasteiger partial charge in [-0.25, -0.2) is 0 Å². The van der Waals surface area contributed by atoms with Crippen LogP contribution in [0.2, 0.25) is 0 Å². The summed E-state index contributed by atoms with van der Waals surface area (Å²) in [7, 11) is 0. The second-order valence-corrected chi connectivity index (χ2v) is 4.09. The number of aliphatic hydroxyl groups excluding tert-OH is 1. The van der Waals surface area contributed by atoms with Gasteiger partial charge in [0.1, 0.15) is 0 Å². The summed E-state index contributed by atoms with van der Waals surface area (Å²) in [5.41, 5.74) is 1.34. The molecule has 1 aromatic carbocycles. The summed E-state index contributed by atoms with van der Waals surface area (Å²) in [5.74, 6) is -0.128. The maximum Gasteiger partial charge on any atom is 0.253 e. The van der Waals surface area contributed by atoms with E-state index >= 15 is 0 Å². The van der Waals surface area contributed by atoms with Gasteiger partial charge in [0, 0.05) is 18.5 Å². The third kappa shape index (κ3) is 3.52. The maximum atomic E-state index is 12.0. The van der Waals surface area contributed by atoms with Crippen molar-refractivity contribution in [2.75, 3.05) is 26.4 Å². The van der Waals surface area contributed by atoms with Gasteiger partial charge in [-0.2, -0.15) is 5.10 Å². The van der Waals surface area contributed by atoms with Crippen LogP contribution in [0.4, 0.5) is 0 Å². The Labute approximate surface area is 110 Å². The lowest BCUT2D eigenvalue weighted by Gasteiger charge is -2.06. The minimum absolute atomic E-state index is 0.0220. The van der Waals surface area contributed by atoms with E-state index in [1.165, 1.54) is 0 Å². The fourth-order valence-corrected chi connectivity index (χ4v) is 1.80. The zero-order chi connectivity index (χ0) is 13.5. The van der Waals surface area contributed by atoms with Crippen LogP contribution in [0.15, 0.2) is 24.4 Å². The first kappa shape index (κ1) is 13.5. The van der Waals surface area contributed by atoms with Gasteiger partial charge in [-0.05, 0) is 12.5 Å². The molecule has 2 rings (SSSR count). The molecular formula is C13H17N3O3. The van der Waals surface area contributed by atoms with Gasteiger partial charge in [0.05, 0.1) is 30.5 Å². The molecule has 102 valence electrons. The summed E-state index contributed by atoms with van der Waals surface area (Å²) < 4.78 is 5.11. The van der Waals surface area contributed by atoms with Crippen LogP contribution in [0.3, 0.4) is 0 Å². The van der Waals surface area contributed by atoms with Crippen molar-refractivity contribution in [1.82, 2.24) is 15.5 Å². The second kappa shape index (κ2) is 6.86. The van der Waals surface area contributed by atoms with Crippen molar-refractivity contribution in [3.63, 3.8) is 0 Å². The highest BCUT2D eigenvalue weighted by Gasteiger charge is 2.10. The van der Waals surface area contributed by atoms with E-state index in [2.05, 4.69) is 15.5 Å². The average Bonchev–Trinajstić information content (AvgIpc) is 2.90. The smallest absolute Gasteiger partial charge is 0.253 e. The first-order valence-corrected chi connectivity index (χ1v) is 6.22. The molecule has 19 heavy (non-hydrogen) atoms. The summed E-state index contributed by atoms with van der Waals surface area (Å²) in [6.45, 7) is 1.42. The van der Waals surface area contributed by atoms with E-state index in [1.54, 1.807) is 12.3 Å². The van der Waals surface area contributed by atoms with Gasteiger partial charge >= 0.3 is 0 Å². The van der Waals surface area contributed by atoms with Gasteiger partial charge in [-0.15, -0.1) is 0 Å². The van der Waals surface area contributed by atoms with Gasteiger partial charge in [-0.1, -0.05) is 12.1 Å². The first-order chi connectivity index (χ1) is 9.33. The van der Waals surface area contributed by atoms with Crippen LogP contribution in [-0.4, -0.2) is 47.6 Å². The zero-order valence-corrected chi connectivity index (χ0v) is 10.6. The molecule has 0 saturated heterocycles. The van der Waals surface area contributed by atoms with Crippen LogP contribution in [0.1, 0.15) is 16.8 Å². The van der Waals surface area contributed by atoms with Crippen LogP contribution in [-0.2, 0) is 4.74 Å². The normalized spacial score (nSPS) is 10.8. The number of H-pyrrole nitrogens is 1. The monoisotopic (exact) mass is 263 g/mol. The molecule has 0 aliphatic rings. The molecule has 1 amide bonds. The third-order valence-electron chi connectivity index (χ3n) is 2.71. The van der Waals surface area contributed by atoms with E-state index in [1.807, 2.05) is 12.1 Å². The van der Waals surface area contributed by atoms with E-state index in [0.717, 1.165) is 10.9 Å². The van der Waals surface area contributed by atoms with Gasteiger partial charge < -0.3 is 15.2 Å². The molecule has 3 N–H and O–H groups in total. The Morgan fingerprint density at radius 3 is 3.16 bits per heavy atom. The van der Waals surface area contributed by atoms with E-state index < -0.39 is 0 Å². The molecule has 0 saturated carbocycles. The Hall–Kier alpha value is -1.92. The number of nitrogens with zero attached hydrogens (tertiary/aromatic N) is 1. The number of carbonyl (C=O) groups is 1. The third-order valence-corrected chi connectivity index (χ3v) is 2.71. The Morgan fingerprint density at radius 1 is 1.42 bits per heavy atom. The molecule has 2 aromatic rings. The van der Waals surface area contributed by atoms with Crippen molar-refractivity contribution < 1.29 is 14.6 Å². The number of fused-ring (bicyclic) bond motifs is 1. The fraction of sp³-hybridized carbons (Fsp3) is 0.385. The number of para-hydroxylation sites is 1. The second-order valence-electron chi connectivity index (χ2n) is 4.09. The van der Waals surface area contributed by atoms with Crippen LogP contribution in [0.25, 0.3) is 10.9 Å². The van der Waals surface area contributed by atoms with Gasteiger partial charge in [0.2, 0.25) is 0 Å². The Balaban J connectivity index is 1.85. The highest BCUT2D eigenvalue weighted by molar-refractivity contribution is 6.05. The number of ether oxygens (including phenoxy) is 1. The summed E-state index contributed by atoms with van der Waals surface area (Å²) in [4.78, 5) is 12.0. The summed E-state index contributed by atoms with van der Waals surface area (Å²) >= 11 is 0. The lowest BCUT2D eigenvalue weighted by Crippen LogP contribution is -2.25. The number of amides is 1. The molecule has 0 atom stereocenters. The van der Waals surface area contributed by atoms with E-state index in [4.69, 9.17) is 9.84 Å². The molecule has 0 aliphatic heterocycles. The number of benzene rings is 1. The molecule has 0 aliphatic carbocycles. The van der Waals surface area contributed by atoms with Crippen molar-refractivity contribution in [3.8, 4) is 0 Å². The largest absolute Gasteiger partial charge is 0.394 e. The lowest BCUT2D eigenvalue weighted by atomic mass is 10.1. The Bertz CT molecular complexity index is 539. The van der Waals surface area contributed by atoms with E-state index in [-0.39, 0.29) is 12.5 Å². The summed E-state index contributed by atoms with van der Waals surface area (Å²) in [6.07, 6.45) is 2.40. The number of hydrogen-bond acceptors (Lipinski definition) is 4. The van der Waals surface area contributed by atoms with Crippen molar-refractivity contribution in [3.05, 3.63) is 30.0 Å². The molecule has 0 spiro atoms. The highest BCUT2D eigenvalue weighted by Crippen LogP contribution is 2.15. The van der Waals surface area contributed by atoms with Crippen molar-refractivity contribution in [1.29, 1.82) is 0 Å². The number of aromatic amines is 1. The average molecular weight is 263 g/mol. The van der Waals surface area contributed by atoms with Crippen LogP contribution in [0, 0.1) is 0 Å². The molecule has 6 heteroatoms. The topological polar surface area (TPSA) is 87.2 Å². The number of aromatic nitrogens is 2. The molecular weight excluding hydrogens is 246 g/mol. The van der Waals surface area contributed by atoms with Crippen LogP contribution < -0.4 is 5.32 Å². The van der Waals surface area contributed by atoms with Crippen molar-refractivity contribution in [2.45, 2.75) is 6.42 Å². The number of rotatable bonds is 7. The first-order valence-electron chi connectivity index (χ1n) is 6.22. The van der Waals surface area contributed by atoms with Crippen molar-refractivity contribution in [2.24, 2.45) is 0 Å². The number of carbonyl (C=O) groups excluding carboxylic acids is 1. The Kier molecular flexibility index (Phi) is 4.88. The lowest BCUT2D eigenvalue weighted by molar-refractivity contribution is 0.0868. The van der Waals surface area contributed by atoms with Crippen LogP contribution >= 0.6 is 0 Å². The Morgan fingerprint density at radius 2 is 2.32 bits per heavy atom. The van der Waals surface area contributed by atoms with Gasteiger partial charge in [0.25, 0.3) is 5.91 Å². The molecule has 1 heterocycles. The summed E-state index contributed by atoms with van der Waals surface area (Å²) in [5, 5.41) is 19.0. The van der Waals surface area contributed by atoms with Gasteiger partial charge in [-0.3, -0.25) is 9.89 Å². The molecule has 1 aromatic heterocycles. The minimum Gasteiger partial charge on any atom is -0.394 e. The molecule has 0 unspecified atom stereocenters. The summed E-state index contributed by atoms with van der Waals surface area (Å²) in [6, 6.07) is 5.49. The predicted octanol–water partition coefficient (Wildman–Crippen LogP) is 0.692. The quantitative estimate of drug-likeness (QED) is 0.641. The predicted molar refractivity (Wildman–Crippen MR) is 70.9 cm³/mol. The van der Waals surface area contributed by atoms with Crippen LogP contribution in [0.5, 0.6) is 0 Å². The van der Waals surface area contributed by atoms with Crippen molar-refractivity contribution >= 4 is 16.8 Å². The number of aliphatic hydroxyl groups is 1. The van der Waals surface area contributed by atoms with E-state index in [0.29, 0.717) is 31.7 Å². The number of nitrogens with one attached hydrogen (secondary N) is 2. The van der Waals surface area contributed by atoms with Gasteiger partial charge in [0.15, 0.2) is 0 Å². The fourth-order valence-electron chi connectivity index (χ4n) is 1.80. The number of hydrogen-bond donors (Lipinski definition) is 3. The van der Waals surface area contributed by atoms with E-state index in [9.17, 15) is 4.79 Å². The zero-order valence-electron chi connectivity index (χ0n) is 10.6. The minimum atomic E-state index is -0.128. The highest BCUT2D eigenvalue weighted by atomic mass is 16.5. The maximum absolute atomic E-state index is 12.0. The standard InChI is InChI=1S/C13H17N3O3/c17-6-8-19-7-2-5-14-13(18)11-4-1-3-10-9-15-16-12(10)11/h1,3-4,9,17H,2,5-8H2,(H,14,18)(H,15,16). The molecule has 0 fully saturated rings. The molecule has 0 radical (unpaired) electrons. The SMILES string of the molecule is O=C(NCCCOCCO)c1cccc2cn[nH]c12. The molecule has 6 nitrogen and oxygen atoms in total. The molecule has 0 bridgehead atoms.